The summed E-state index contributed by atoms with van der Waals surface area (Å²) in [5.41, 5.74) is 5.61. The number of aliphatic hydroxyl groups is 1. The van der Waals surface area contributed by atoms with Gasteiger partial charge in [-0.25, -0.2) is 4.98 Å². The Bertz CT molecular complexity index is 860. The Labute approximate surface area is 144 Å². The number of hydrogen-bond donors (Lipinski definition) is 3. The van der Waals surface area contributed by atoms with Gasteiger partial charge in [-0.15, -0.1) is 24.8 Å². The van der Waals surface area contributed by atoms with Gasteiger partial charge in [0.2, 0.25) is 5.95 Å². The molecule has 1 unspecified atom stereocenters. The second kappa shape index (κ2) is 6.19. The number of nitrogen functional groups attached to an aromatic ring is 1. The maximum absolute atomic E-state index is 11.9. The van der Waals surface area contributed by atoms with Crippen LogP contribution in [0.1, 0.15) is 12.6 Å². The summed E-state index contributed by atoms with van der Waals surface area (Å²) in [6.45, 7) is 3.04. The lowest BCUT2D eigenvalue weighted by molar-refractivity contribution is -0.0176. The molecular weight excluding hydrogens is 353 g/mol. The molecule has 1 aliphatic rings. The van der Waals surface area contributed by atoms with E-state index in [1.54, 1.807) is 4.57 Å². The molecule has 0 aliphatic carbocycles. The van der Waals surface area contributed by atoms with Crippen LogP contribution >= 0.6 is 18.5 Å². The monoisotopic (exact) mass is 373 g/mol. The molecule has 0 amide bonds. The van der Waals surface area contributed by atoms with Gasteiger partial charge in [-0.3, -0.25) is 14.3 Å². The predicted molar refractivity (Wildman–Crippen MR) is 97.5 cm³/mol. The van der Waals surface area contributed by atoms with Crippen LogP contribution in [-0.2, 0) is 4.74 Å². The highest BCUT2D eigenvalue weighted by Crippen LogP contribution is 2.41. The molecule has 2 aromatic heterocycles. The van der Waals surface area contributed by atoms with E-state index in [2.05, 4.69) is 34.6 Å². The van der Waals surface area contributed by atoms with Crippen molar-refractivity contribution in [1.82, 2.24) is 19.5 Å². The number of aromatic nitrogens is 4. The smallest absolute Gasteiger partial charge is 0.280 e. The molecule has 4 N–H and O–H groups in total. The number of nitrogens with one attached hydrogen (secondary N) is 1. The Morgan fingerprint density at radius 3 is 2.96 bits per heavy atom. The first-order valence-electron chi connectivity index (χ1n) is 7.54. The molecule has 4 atom stereocenters. The highest BCUT2D eigenvalue weighted by molar-refractivity contribution is 7.72. The Morgan fingerprint density at radius 2 is 2.29 bits per heavy atom. The standard InChI is InChI=1S/C14H21ClN5O3P/c1-24(2,3)5-4-7-10(21)8(15)13(23-7)20-6-17-9-11(20)18-14(16)19-12(9)22/h6-8,10,13,21H,1,4-5H2,2-3H3,(H3,16,18,19,22)/t7?,8-,10-,13-/m1/s1. The zero-order valence-electron chi connectivity index (χ0n) is 13.5. The molecule has 24 heavy (non-hydrogen) atoms. The van der Waals surface area contributed by atoms with Crippen molar-refractivity contribution in [3.63, 3.8) is 0 Å². The topological polar surface area (TPSA) is 119 Å². The average Bonchev–Trinajstić information content (AvgIpc) is 3.00. The summed E-state index contributed by atoms with van der Waals surface area (Å²) in [5.74, 6) is -0.0147. The molecule has 1 aliphatic heterocycles. The third kappa shape index (κ3) is 3.24. The SMILES string of the molecule is C=P(C)(C)CCC1O[C@@H](n2cnc3c(=O)[nH]c(N)nc32)[C@H](Cl)[C@@H]1O. The maximum atomic E-state index is 11.9. The summed E-state index contributed by atoms with van der Waals surface area (Å²) < 4.78 is 7.50. The molecule has 3 heterocycles. The summed E-state index contributed by atoms with van der Waals surface area (Å²) >= 11 is 6.37. The third-order valence-electron chi connectivity index (χ3n) is 4.04. The molecule has 0 bridgehead atoms. The minimum Gasteiger partial charge on any atom is -0.389 e. The molecule has 3 rings (SSSR count). The van der Waals surface area contributed by atoms with Gasteiger partial charge >= 0.3 is 0 Å². The molecule has 2 aromatic rings. The van der Waals surface area contributed by atoms with E-state index < -0.39 is 36.3 Å². The molecule has 8 nitrogen and oxygen atoms in total. The molecule has 1 saturated heterocycles. The summed E-state index contributed by atoms with van der Waals surface area (Å²) in [4.78, 5) is 22.4. The quantitative estimate of drug-likeness (QED) is 0.535. The van der Waals surface area contributed by atoms with Crippen LogP contribution in [0.2, 0.25) is 0 Å². The van der Waals surface area contributed by atoms with E-state index in [9.17, 15) is 9.90 Å². The van der Waals surface area contributed by atoms with Crippen molar-refractivity contribution in [2.24, 2.45) is 0 Å². The Morgan fingerprint density at radius 1 is 1.58 bits per heavy atom. The third-order valence-corrected chi connectivity index (χ3v) is 5.98. The maximum Gasteiger partial charge on any atom is 0.280 e. The Balaban J connectivity index is 1.90. The predicted octanol–water partition coefficient (Wildman–Crippen LogP) is 0.667. The van der Waals surface area contributed by atoms with Crippen LogP contribution < -0.4 is 11.3 Å². The van der Waals surface area contributed by atoms with Gasteiger partial charge in [0.25, 0.3) is 5.56 Å². The van der Waals surface area contributed by atoms with E-state index in [1.165, 1.54) is 6.33 Å². The fraction of sp³-hybridized carbons (Fsp3) is 0.571. The summed E-state index contributed by atoms with van der Waals surface area (Å²) in [5, 5.41) is 9.71. The number of aliphatic hydroxyl groups excluding tert-OH is 1. The van der Waals surface area contributed by atoms with Crippen molar-refractivity contribution in [3.8, 4) is 0 Å². The lowest BCUT2D eigenvalue weighted by Crippen LogP contribution is -2.28. The number of rotatable bonds is 4. The first-order valence-corrected chi connectivity index (χ1v) is 11.0. The van der Waals surface area contributed by atoms with E-state index in [4.69, 9.17) is 22.1 Å². The zero-order valence-corrected chi connectivity index (χ0v) is 15.2. The van der Waals surface area contributed by atoms with E-state index in [0.29, 0.717) is 6.42 Å². The van der Waals surface area contributed by atoms with Crippen molar-refractivity contribution in [3.05, 3.63) is 16.7 Å². The Hall–Kier alpha value is -1.34. The number of nitrogens with two attached hydrogens (primary N) is 1. The molecule has 0 spiro atoms. The highest BCUT2D eigenvalue weighted by atomic mass is 35.5. The van der Waals surface area contributed by atoms with Crippen molar-refractivity contribution in [2.45, 2.75) is 30.2 Å². The van der Waals surface area contributed by atoms with Gasteiger partial charge in [-0.2, -0.15) is 4.98 Å². The lowest BCUT2D eigenvalue weighted by atomic mass is 10.1. The second-order valence-electron chi connectivity index (χ2n) is 6.72. The van der Waals surface area contributed by atoms with Gasteiger partial charge < -0.3 is 15.6 Å². The molecular formula is C14H21ClN5O3P. The number of fused-ring (bicyclic) bond motifs is 1. The molecule has 0 radical (unpaired) electrons. The van der Waals surface area contributed by atoms with Crippen LogP contribution in [0, 0.1) is 0 Å². The molecule has 1 fully saturated rings. The van der Waals surface area contributed by atoms with Crippen LogP contribution in [0.5, 0.6) is 0 Å². The number of H-pyrrole nitrogens is 1. The normalized spacial score (nSPS) is 27.8. The minimum absolute atomic E-state index is 0.0147. The van der Waals surface area contributed by atoms with Gasteiger partial charge in [0.15, 0.2) is 17.4 Å². The zero-order chi connectivity index (χ0) is 17.6. The highest BCUT2D eigenvalue weighted by Gasteiger charge is 2.44. The van der Waals surface area contributed by atoms with Crippen LogP contribution in [0.4, 0.5) is 5.95 Å². The van der Waals surface area contributed by atoms with Crippen molar-refractivity contribution in [2.75, 3.05) is 25.2 Å². The number of halogens is 1. The number of alkyl halides is 1. The number of nitrogens with zero attached hydrogens (tertiary/aromatic N) is 3. The summed E-state index contributed by atoms with van der Waals surface area (Å²) in [7, 11) is 0. The van der Waals surface area contributed by atoms with E-state index in [1.807, 2.05) is 0 Å². The van der Waals surface area contributed by atoms with E-state index in [0.717, 1.165) is 6.16 Å². The molecule has 132 valence electrons. The number of ether oxygens (including phenoxy) is 1. The van der Waals surface area contributed by atoms with E-state index >= 15 is 0 Å². The first kappa shape index (κ1) is 17.5. The number of imidazole rings is 1. The molecule has 0 aromatic carbocycles. The van der Waals surface area contributed by atoms with Gasteiger partial charge in [0.1, 0.15) is 11.5 Å². The average molecular weight is 374 g/mol. The number of anilines is 1. The summed E-state index contributed by atoms with van der Waals surface area (Å²) in [6.07, 6.45) is 5.28. The fourth-order valence-electron chi connectivity index (χ4n) is 2.77. The fourth-order valence-corrected chi connectivity index (χ4v) is 4.07. The molecule has 0 saturated carbocycles. The van der Waals surface area contributed by atoms with Crippen LogP contribution in [0.3, 0.4) is 0 Å². The van der Waals surface area contributed by atoms with Gasteiger partial charge in [-0.1, -0.05) is 0 Å². The van der Waals surface area contributed by atoms with Gasteiger partial charge in [0, 0.05) is 0 Å². The Kier molecular flexibility index (Phi) is 4.51. The van der Waals surface area contributed by atoms with Crippen molar-refractivity contribution in [1.29, 1.82) is 0 Å². The number of aromatic amines is 1. The summed E-state index contributed by atoms with van der Waals surface area (Å²) in [6, 6.07) is 0. The molecule has 10 heteroatoms. The second-order valence-corrected chi connectivity index (χ2v) is 11.5. The van der Waals surface area contributed by atoms with Crippen LogP contribution in [0.25, 0.3) is 11.2 Å². The van der Waals surface area contributed by atoms with Crippen LogP contribution in [0.15, 0.2) is 11.1 Å². The van der Waals surface area contributed by atoms with Gasteiger partial charge in [0.05, 0.1) is 12.4 Å². The lowest BCUT2D eigenvalue weighted by Gasteiger charge is -2.18. The van der Waals surface area contributed by atoms with Crippen molar-refractivity contribution >= 4 is 41.9 Å². The van der Waals surface area contributed by atoms with E-state index in [-0.39, 0.29) is 17.1 Å². The van der Waals surface area contributed by atoms with Crippen molar-refractivity contribution < 1.29 is 9.84 Å². The largest absolute Gasteiger partial charge is 0.389 e. The number of hydrogen-bond acceptors (Lipinski definition) is 6. The van der Waals surface area contributed by atoms with Gasteiger partial charge in [-0.05, 0) is 25.9 Å². The first-order chi connectivity index (χ1) is 11.2. The minimum atomic E-state index is -1.22. The van der Waals surface area contributed by atoms with Crippen LogP contribution in [-0.4, -0.2) is 68.0 Å².